The van der Waals surface area contributed by atoms with Crippen molar-refractivity contribution in [3.63, 3.8) is 0 Å². The second-order valence-corrected chi connectivity index (χ2v) is 8.83. The van der Waals surface area contributed by atoms with Crippen molar-refractivity contribution in [1.29, 1.82) is 0 Å². The fraction of sp³-hybridized carbons (Fsp3) is 0.381. The number of anilines is 1. The molecule has 29 heavy (non-hydrogen) atoms. The Morgan fingerprint density at radius 1 is 1.17 bits per heavy atom. The molecule has 0 amide bonds. The summed E-state index contributed by atoms with van der Waals surface area (Å²) in [5, 5.41) is 11.8. The van der Waals surface area contributed by atoms with Crippen molar-refractivity contribution in [1.82, 2.24) is 10.6 Å². The van der Waals surface area contributed by atoms with E-state index < -0.39 is 10.0 Å². The lowest BCUT2D eigenvalue weighted by Gasteiger charge is -2.22. The van der Waals surface area contributed by atoms with Gasteiger partial charge in [-0.3, -0.25) is 4.99 Å². The molecule has 7 nitrogen and oxygen atoms in total. The van der Waals surface area contributed by atoms with Gasteiger partial charge in [-0.1, -0.05) is 24.3 Å². The third kappa shape index (κ3) is 5.71. The van der Waals surface area contributed by atoms with Gasteiger partial charge in [0.15, 0.2) is 5.96 Å². The minimum atomic E-state index is -3.67. The van der Waals surface area contributed by atoms with E-state index in [4.69, 9.17) is 5.14 Å². The van der Waals surface area contributed by atoms with Crippen LogP contribution in [-0.2, 0) is 16.6 Å². The molecule has 0 aliphatic carbocycles. The van der Waals surface area contributed by atoms with Crippen LogP contribution in [0.1, 0.15) is 36.9 Å². The van der Waals surface area contributed by atoms with E-state index in [1.807, 2.05) is 0 Å². The van der Waals surface area contributed by atoms with E-state index in [2.05, 4.69) is 51.7 Å². The highest BCUT2D eigenvalue weighted by molar-refractivity contribution is 7.89. The van der Waals surface area contributed by atoms with E-state index >= 15 is 0 Å². The molecule has 8 heteroatoms. The smallest absolute Gasteiger partial charge is 0.238 e. The van der Waals surface area contributed by atoms with Gasteiger partial charge in [-0.2, -0.15) is 0 Å². The molecule has 1 fully saturated rings. The minimum absolute atomic E-state index is 0.0912. The molecule has 1 heterocycles. The lowest BCUT2D eigenvalue weighted by Crippen LogP contribution is -2.38. The monoisotopic (exact) mass is 415 g/mol. The number of nitrogens with two attached hydrogens (primary N) is 1. The standard InChI is InChI=1S/C21H29N5O2S/c1-16(18-6-5-7-19(14-18)26-12-3-4-13-26)25-21(23-2)24-15-17-8-10-20(11-9-17)29(22,27)28/h5-11,14,16H,3-4,12-13,15H2,1-2H3,(H2,22,27,28)(H2,23,24,25). The van der Waals surface area contributed by atoms with Gasteiger partial charge in [0.25, 0.3) is 0 Å². The van der Waals surface area contributed by atoms with E-state index in [9.17, 15) is 8.42 Å². The molecule has 0 saturated carbocycles. The van der Waals surface area contributed by atoms with Gasteiger partial charge in [0.2, 0.25) is 10.0 Å². The Kier molecular flexibility index (Phi) is 6.76. The van der Waals surface area contributed by atoms with Crippen molar-refractivity contribution in [2.45, 2.75) is 37.2 Å². The first-order valence-corrected chi connectivity index (χ1v) is 11.4. The van der Waals surface area contributed by atoms with Gasteiger partial charge in [-0.25, -0.2) is 13.6 Å². The Morgan fingerprint density at radius 2 is 1.86 bits per heavy atom. The third-order valence-electron chi connectivity index (χ3n) is 5.13. The SMILES string of the molecule is CN=C(NCc1ccc(S(N)(=O)=O)cc1)NC(C)c1cccc(N2CCCC2)c1. The highest BCUT2D eigenvalue weighted by Gasteiger charge is 2.14. The fourth-order valence-electron chi connectivity index (χ4n) is 3.43. The largest absolute Gasteiger partial charge is 0.372 e. The lowest BCUT2D eigenvalue weighted by atomic mass is 10.1. The van der Waals surface area contributed by atoms with E-state index in [0.717, 1.165) is 18.7 Å². The van der Waals surface area contributed by atoms with Gasteiger partial charge >= 0.3 is 0 Å². The van der Waals surface area contributed by atoms with Gasteiger partial charge in [-0.15, -0.1) is 0 Å². The molecular weight excluding hydrogens is 386 g/mol. The summed E-state index contributed by atoms with van der Waals surface area (Å²) in [5.74, 6) is 0.680. The van der Waals surface area contributed by atoms with Gasteiger partial charge in [0.05, 0.1) is 10.9 Å². The number of hydrogen-bond donors (Lipinski definition) is 3. The molecule has 156 valence electrons. The Morgan fingerprint density at radius 3 is 2.48 bits per heavy atom. The normalized spacial score (nSPS) is 16.0. The van der Waals surface area contributed by atoms with E-state index in [0.29, 0.717) is 12.5 Å². The van der Waals surface area contributed by atoms with Crippen molar-refractivity contribution in [2.75, 3.05) is 25.0 Å². The number of primary sulfonamides is 1. The maximum absolute atomic E-state index is 11.4. The van der Waals surface area contributed by atoms with Crippen LogP contribution in [0.4, 0.5) is 5.69 Å². The molecule has 1 atom stereocenters. The van der Waals surface area contributed by atoms with E-state index in [1.54, 1.807) is 19.2 Å². The number of nitrogens with zero attached hydrogens (tertiary/aromatic N) is 2. The van der Waals surface area contributed by atoms with Crippen LogP contribution in [0.5, 0.6) is 0 Å². The Bertz CT molecular complexity index is 951. The zero-order valence-electron chi connectivity index (χ0n) is 16.9. The van der Waals surface area contributed by atoms with Crippen LogP contribution in [0.25, 0.3) is 0 Å². The Balaban J connectivity index is 1.59. The summed E-state index contributed by atoms with van der Waals surface area (Å²) in [7, 11) is -1.94. The molecule has 0 aromatic heterocycles. The lowest BCUT2D eigenvalue weighted by molar-refractivity contribution is 0.597. The predicted molar refractivity (Wildman–Crippen MR) is 117 cm³/mol. The molecule has 2 aromatic carbocycles. The predicted octanol–water partition coefficient (Wildman–Crippen LogP) is 2.36. The number of nitrogens with one attached hydrogen (secondary N) is 2. The van der Waals surface area contributed by atoms with Crippen LogP contribution in [0, 0.1) is 0 Å². The average Bonchev–Trinajstić information content (AvgIpc) is 3.25. The highest BCUT2D eigenvalue weighted by Crippen LogP contribution is 2.24. The maximum atomic E-state index is 11.4. The number of rotatable bonds is 6. The molecule has 1 unspecified atom stereocenters. The molecule has 1 saturated heterocycles. The van der Waals surface area contributed by atoms with Gasteiger partial charge < -0.3 is 15.5 Å². The zero-order chi connectivity index (χ0) is 20.9. The second-order valence-electron chi connectivity index (χ2n) is 7.27. The molecular formula is C21H29N5O2S. The Hall–Kier alpha value is -2.58. The summed E-state index contributed by atoms with van der Waals surface area (Å²) in [4.78, 5) is 6.83. The van der Waals surface area contributed by atoms with Crippen LogP contribution < -0.4 is 20.7 Å². The van der Waals surface area contributed by atoms with Gasteiger partial charge in [0, 0.05) is 32.4 Å². The molecule has 1 aliphatic heterocycles. The van der Waals surface area contributed by atoms with Crippen LogP contribution in [-0.4, -0.2) is 34.5 Å². The molecule has 1 aliphatic rings. The van der Waals surface area contributed by atoms with Crippen LogP contribution in [0.3, 0.4) is 0 Å². The first kappa shape index (κ1) is 21.1. The van der Waals surface area contributed by atoms with Crippen molar-refractivity contribution >= 4 is 21.7 Å². The fourth-order valence-corrected chi connectivity index (χ4v) is 3.95. The van der Waals surface area contributed by atoms with Gasteiger partial charge in [0.1, 0.15) is 0 Å². The molecule has 0 spiro atoms. The van der Waals surface area contributed by atoms with E-state index in [1.165, 1.54) is 36.2 Å². The topological polar surface area (TPSA) is 99.8 Å². The summed E-state index contributed by atoms with van der Waals surface area (Å²) in [6.45, 7) is 4.87. The van der Waals surface area contributed by atoms with Crippen LogP contribution in [0.15, 0.2) is 58.4 Å². The van der Waals surface area contributed by atoms with Gasteiger partial charge in [-0.05, 0) is 55.2 Å². The van der Waals surface area contributed by atoms with Crippen molar-refractivity contribution < 1.29 is 8.42 Å². The number of aliphatic imine (C=N–C) groups is 1. The van der Waals surface area contributed by atoms with Crippen LogP contribution in [0.2, 0.25) is 0 Å². The number of hydrogen-bond acceptors (Lipinski definition) is 4. The summed E-state index contributed by atoms with van der Waals surface area (Å²) in [5.41, 5.74) is 3.41. The number of benzene rings is 2. The summed E-state index contributed by atoms with van der Waals surface area (Å²) < 4.78 is 22.7. The quantitative estimate of drug-likeness (QED) is 0.497. The van der Waals surface area contributed by atoms with Crippen LogP contribution >= 0.6 is 0 Å². The molecule has 0 radical (unpaired) electrons. The Labute approximate surface area is 173 Å². The molecule has 2 aromatic rings. The summed E-state index contributed by atoms with van der Waals surface area (Å²) >= 11 is 0. The first-order chi connectivity index (χ1) is 13.9. The van der Waals surface area contributed by atoms with E-state index in [-0.39, 0.29) is 10.9 Å². The zero-order valence-corrected chi connectivity index (χ0v) is 17.7. The number of sulfonamides is 1. The van der Waals surface area contributed by atoms with Crippen molar-refractivity contribution in [3.8, 4) is 0 Å². The number of guanidine groups is 1. The summed E-state index contributed by atoms with van der Waals surface area (Å²) in [6.07, 6.45) is 2.51. The third-order valence-corrected chi connectivity index (χ3v) is 6.06. The molecule has 4 N–H and O–H groups in total. The maximum Gasteiger partial charge on any atom is 0.238 e. The second kappa shape index (κ2) is 9.28. The molecule has 3 rings (SSSR count). The summed E-state index contributed by atoms with van der Waals surface area (Å²) in [6, 6.07) is 15.2. The first-order valence-electron chi connectivity index (χ1n) is 9.80. The van der Waals surface area contributed by atoms with Crippen molar-refractivity contribution in [2.24, 2.45) is 10.1 Å². The van der Waals surface area contributed by atoms with Crippen molar-refractivity contribution in [3.05, 3.63) is 59.7 Å². The highest BCUT2D eigenvalue weighted by atomic mass is 32.2. The minimum Gasteiger partial charge on any atom is -0.372 e. The molecule has 0 bridgehead atoms. The average molecular weight is 416 g/mol.